The van der Waals surface area contributed by atoms with Crippen molar-refractivity contribution in [3.05, 3.63) is 33.8 Å². The van der Waals surface area contributed by atoms with Gasteiger partial charge in [-0.15, -0.1) is 0 Å². The van der Waals surface area contributed by atoms with Crippen LogP contribution >= 0.6 is 15.9 Å². The molecule has 1 nitrogen and oxygen atoms in total. The highest BCUT2D eigenvalue weighted by Crippen LogP contribution is 2.16. The maximum absolute atomic E-state index is 3.46. The zero-order valence-corrected chi connectivity index (χ0v) is 9.40. The van der Waals surface area contributed by atoms with Gasteiger partial charge in [0.15, 0.2) is 0 Å². The fourth-order valence-electron chi connectivity index (χ4n) is 0.963. The molecule has 0 aliphatic rings. The van der Waals surface area contributed by atoms with Crippen molar-refractivity contribution < 1.29 is 0 Å². The highest BCUT2D eigenvalue weighted by molar-refractivity contribution is 9.10. The smallest absolute Gasteiger partial charge is 0.0577 e. The Morgan fingerprint density at radius 2 is 2.23 bits per heavy atom. The van der Waals surface area contributed by atoms with Crippen molar-refractivity contribution in [1.29, 1.82) is 0 Å². The molecule has 0 bridgehead atoms. The van der Waals surface area contributed by atoms with Gasteiger partial charge in [-0.3, -0.25) is 0 Å². The van der Waals surface area contributed by atoms with Crippen molar-refractivity contribution in [2.75, 3.05) is 13.6 Å². The molecule has 68 valence electrons. The van der Waals surface area contributed by atoms with Crippen LogP contribution in [0.15, 0.2) is 22.7 Å². The molecule has 1 rings (SSSR count). The van der Waals surface area contributed by atoms with Crippen molar-refractivity contribution in [3.63, 3.8) is 0 Å². The lowest BCUT2D eigenvalue weighted by Crippen LogP contribution is -2.04. The van der Waals surface area contributed by atoms with Crippen LogP contribution in [-0.4, -0.2) is 13.6 Å². The summed E-state index contributed by atoms with van der Waals surface area (Å²) < 4.78 is 1.06. The van der Waals surface area contributed by atoms with Crippen molar-refractivity contribution >= 4 is 15.9 Å². The first kappa shape index (κ1) is 10.3. The first-order chi connectivity index (χ1) is 6.24. The molecule has 0 fully saturated rings. The van der Waals surface area contributed by atoms with Crippen molar-refractivity contribution in [2.45, 2.75) is 6.92 Å². The van der Waals surface area contributed by atoms with Crippen molar-refractivity contribution in [3.8, 4) is 11.8 Å². The molecule has 0 radical (unpaired) electrons. The van der Waals surface area contributed by atoms with E-state index in [9.17, 15) is 0 Å². The predicted molar refractivity (Wildman–Crippen MR) is 59.7 cm³/mol. The van der Waals surface area contributed by atoms with E-state index in [1.807, 2.05) is 13.1 Å². The van der Waals surface area contributed by atoms with Gasteiger partial charge < -0.3 is 5.32 Å². The van der Waals surface area contributed by atoms with Gasteiger partial charge in [0.2, 0.25) is 0 Å². The molecule has 0 heterocycles. The number of nitrogens with one attached hydrogen (secondary N) is 1. The summed E-state index contributed by atoms with van der Waals surface area (Å²) in [5, 5.41) is 2.98. The van der Waals surface area contributed by atoms with E-state index in [-0.39, 0.29) is 0 Å². The SMILES string of the molecule is CNCC#Cc1cc(C)ccc1Br. The Morgan fingerprint density at radius 1 is 1.46 bits per heavy atom. The summed E-state index contributed by atoms with van der Waals surface area (Å²) in [5.41, 5.74) is 2.28. The molecule has 13 heavy (non-hydrogen) atoms. The molecule has 0 spiro atoms. The normalized spacial score (nSPS) is 9.15. The lowest BCUT2D eigenvalue weighted by molar-refractivity contribution is 0.938. The Balaban J connectivity index is 2.89. The molecule has 0 amide bonds. The summed E-state index contributed by atoms with van der Waals surface area (Å²) in [6.45, 7) is 2.79. The zero-order valence-electron chi connectivity index (χ0n) is 7.82. The largest absolute Gasteiger partial charge is 0.309 e. The Kier molecular flexibility index (Phi) is 4.01. The van der Waals surface area contributed by atoms with E-state index in [0.717, 1.165) is 16.6 Å². The van der Waals surface area contributed by atoms with Crippen LogP contribution in [0.3, 0.4) is 0 Å². The Bertz CT molecular complexity index is 347. The summed E-state index contributed by atoms with van der Waals surface area (Å²) in [7, 11) is 1.89. The van der Waals surface area contributed by atoms with Crippen LogP contribution in [0.4, 0.5) is 0 Å². The molecule has 0 saturated carbocycles. The molecule has 0 unspecified atom stereocenters. The van der Waals surface area contributed by atoms with Gasteiger partial charge in [0, 0.05) is 10.0 Å². The molecule has 1 N–H and O–H groups in total. The average molecular weight is 238 g/mol. The maximum atomic E-state index is 3.46. The minimum absolute atomic E-state index is 0.723. The molecule has 0 aliphatic heterocycles. The second-order valence-corrected chi connectivity index (χ2v) is 3.67. The van der Waals surface area contributed by atoms with Crippen LogP contribution in [0.25, 0.3) is 0 Å². The molecule has 1 aromatic carbocycles. The monoisotopic (exact) mass is 237 g/mol. The predicted octanol–water partition coefficient (Wildman–Crippen LogP) is 2.33. The number of hydrogen-bond acceptors (Lipinski definition) is 1. The van der Waals surface area contributed by atoms with Gasteiger partial charge in [-0.25, -0.2) is 0 Å². The number of halogens is 1. The van der Waals surface area contributed by atoms with Gasteiger partial charge in [0.1, 0.15) is 0 Å². The van der Waals surface area contributed by atoms with E-state index in [1.54, 1.807) is 0 Å². The van der Waals surface area contributed by atoms with Crippen LogP contribution < -0.4 is 5.32 Å². The number of benzene rings is 1. The van der Waals surface area contributed by atoms with E-state index in [0.29, 0.717) is 0 Å². The van der Waals surface area contributed by atoms with Crippen molar-refractivity contribution in [2.24, 2.45) is 0 Å². The second-order valence-electron chi connectivity index (χ2n) is 2.82. The molecule has 0 aromatic heterocycles. The minimum atomic E-state index is 0.723. The first-order valence-electron chi connectivity index (χ1n) is 4.13. The Morgan fingerprint density at radius 3 is 2.92 bits per heavy atom. The van der Waals surface area contributed by atoms with E-state index in [2.05, 4.69) is 52.1 Å². The standard InChI is InChI=1S/C11H12BrN/c1-9-5-6-11(12)10(8-9)4-3-7-13-2/h5-6,8,13H,7H2,1-2H3. The minimum Gasteiger partial charge on any atom is -0.309 e. The molecule has 2 heteroatoms. The van der Waals surface area contributed by atoms with Gasteiger partial charge in [0.25, 0.3) is 0 Å². The van der Waals surface area contributed by atoms with E-state index in [4.69, 9.17) is 0 Å². The van der Waals surface area contributed by atoms with E-state index in [1.165, 1.54) is 5.56 Å². The highest BCUT2D eigenvalue weighted by Gasteiger charge is 1.94. The summed E-state index contributed by atoms with van der Waals surface area (Å²) in [6, 6.07) is 6.17. The lowest BCUT2D eigenvalue weighted by Gasteiger charge is -1.97. The third-order valence-corrected chi connectivity index (χ3v) is 2.30. The Hall–Kier alpha value is -0.780. The van der Waals surface area contributed by atoms with E-state index >= 15 is 0 Å². The lowest BCUT2D eigenvalue weighted by atomic mass is 10.1. The van der Waals surface area contributed by atoms with Gasteiger partial charge in [0.05, 0.1) is 6.54 Å². The first-order valence-corrected chi connectivity index (χ1v) is 4.93. The number of rotatable bonds is 1. The van der Waals surface area contributed by atoms with Gasteiger partial charge in [-0.2, -0.15) is 0 Å². The van der Waals surface area contributed by atoms with E-state index < -0.39 is 0 Å². The molecular weight excluding hydrogens is 226 g/mol. The summed E-state index contributed by atoms with van der Waals surface area (Å²) in [5.74, 6) is 6.12. The highest BCUT2D eigenvalue weighted by atomic mass is 79.9. The van der Waals surface area contributed by atoms with Crippen molar-refractivity contribution in [1.82, 2.24) is 5.32 Å². The summed E-state index contributed by atoms with van der Waals surface area (Å²) in [4.78, 5) is 0. The van der Waals surface area contributed by atoms with Crippen LogP contribution in [0.5, 0.6) is 0 Å². The van der Waals surface area contributed by atoms with Crippen LogP contribution in [0.2, 0.25) is 0 Å². The molecule has 1 aromatic rings. The molecule has 0 aliphatic carbocycles. The van der Waals surface area contributed by atoms with Crippen LogP contribution in [0.1, 0.15) is 11.1 Å². The summed E-state index contributed by atoms with van der Waals surface area (Å²) in [6.07, 6.45) is 0. The average Bonchev–Trinajstić information content (AvgIpc) is 2.11. The second kappa shape index (κ2) is 5.06. The molecule has 0 saturated heterocycles. The number of hydrogen-bond donors (Lipinski definition) is 1. The zero-order chi connectivity index (χ0) is 9.68. The van der Waals surface area contributed by atoms with Gasteiger partial charge >= 0.3 is 0 Å². The topological polar surface area (TPSA) is 12.0 Å². The fourth-order valence-corrected chi connectivity index (χ4v) is 1.31. The van der Waals surface area contributed by atoms with Crippen LogP contribution in [-0.2, 0) is 0 Å². The quantitative estimate of drug-likeness (QED) is 0.740. The third kappa shape index (κ3) is 3.22. The van der Waals surface area contributed by atoms with Gasteiger partial charge in [-0.1, -0.05) is 17.9 Å². The van der Waals surface area contributed by atoms with Crippen LogP contribution in [0, 0.1) is 18.8 Å². The van der Waals surface area contributed by atoms with Gasteiger partial charge in [-0.05, 0) is 47.6 Å². The fraction of sp³-hybridized carbons (Fsp3) is 0.273. The molecule has 0 atom stereocenters. The maximum Gasteiger partial charge on any atom is 0.0577 e. The summed E-state index contributed by atoms with van der Waals surface area (Å²) >= 11 is 3.46. The third-order valence-electron chi connectivity index (χ3n) is 1.61. The Labute approximate surface area is 87.7 Å². The molecular formula is C11H12BrN. The number of aryl methyl sites for hydroxylation is 1.